The van der Waals surface area contributed by atoms with Crippen molar-refractivity contribution in [1.82, 2.24) is 0 Å². The second-order valence-electron chi connectivity index (χ2n) is 13.3. The molecule has 0 amide bonds. The lowest BCUT2D eigenvalue weighted by Crippen LogP contribution is -2.10. The van der Waals surface area contributed by atoms with Crippen LogP contribution in [0.3, 0.4) is 0 Å². The van der Waals surface area contributed by atoms with Crippen LogP contribution in [0.4, 0.5) is 17.1 Å². The third-order valence-electron chi connectivity index (χ3n) is 10.3. The summed E-state index contributed by atoms with van der Waals surface area (Å²) in [6.07, 6.45) is 0. The highest BCUT2D eigenvalue weighted by Crippen LogP contribution is 2.46. The first-order valence-electron chi connectivity index (χ1n) is 17.5. The van der Waals surface area contributed by atoms with Gasteiger partial charge < -0.3 is 13.7 Å². The van der Waals surface area contributed by atoms with Crippen LogP contribution >= 0.6 is 11.3 Å². The summed E-state index contributed by atoms with van der Waals surface area (Å²) >= 11 is 1.85. The first-order valence-corrected chi connectivity index (χ1v) is 18.3. The van der Waals surface area contributed by atoms with E-state index in [4.69, 9.17) is 8.83 Å². The van der Waals surface area contributed by atoms with Crippen molar-refractivity contribution in [2.45, 2.75) is 0 Å². The lowest BCUT2D eigenvalue weighted by atomic mass is 10.0. The number of nitrogens with zero attached hydrogens (tertiary/aromatic N) is 1. The van der Waals surface area contributed by atoms with Crippen molar-refractivity contribution < 1.29 is 8.83 Å². The molecule has 52 heavy (non-hydrogen) atoms. The summed E-state index contributed by atoms with van der Waals surface area (Å²) in [5.74, 6) is 0. The first kappa shape index (κ1) is 29.1. The molecule has 11 aromatic rings. The third kappa shape index (κ3) is 4.51. The molecule has 0 saturated carbocycles. The zero-order valence-electron chi connectivity index (χ0n) is 27.9. The standard InChI is InChI=1S/C48H29NO2S/c1-2-11-30(12-3-1)35-17-9-18-39-40-19-10-20-42(48(40)51-47(35)39)49(34-24-25-37-36-15-4-6-21-43(36)50-44(37)29-34)33-14-8-13-31(27-33)32-23-26-46-41(28-32)38-16-5-7-22-45(38)52-46/h1-29H. The molecule has 3 nitrogen and oxygen atoms in total. The van der Waals surface area contributed by atoms with E-state index in [1.807, 2.05) is 29.5 Å². The SMILES string of the molecule is c1ccc(-c2cccc3c2oc2c(N(c4cccc(-c5ccc6sc7ccccc7c6c5)c4)c4ccc5c(c4)oc4ccccc45)cccc23)cc1. The monoisotopic (exact) mass is 683 g/mol. The number of fused-ring (bicyclic) bond motifs is 9. The van der Waals surface area contributed by atoms with Crippen LogP contribution in [0.5, 0.6) is 0 Å². The van der Waals surface area contributed by atoms with Gasteiger partial charge in [0.15, 0.2) is 5.58 Å². The van der Waals surface area contributed by atoms with Crippen LogP contribution in [0.25, 0.3) is 86.3 Å². The van der Waals surface area contributed by atoms with Crippen LogP contribution in [-0.2, 0) is 0 Å². The number of benzene rings is 8. The summed E-state index contributed by atoms with van der Waals surface area (Å²) in [7, 11) is 0. The summed E-state index contributed by atoms with van der Waals surface area (Å²) in [5.41, 5.74) is 10.9. The van der Waals surface area contributed by atoms with Gasteiger partial charge in [0, 0.05) is 59.0 Å². The zero-order chi connectivity index (χ0) is 34.2. The molecule has 0 bridgehead atoms. The van der Waals surface area contributed by atoms with E-state index in [-0.39, 0.29) is 0 Å². The molecule has 0 saturated heterocycles. The molecule has 3 heterocycles. The first-order chi connectivity index (χ1) is 25.8. The fourth-order valence-electron chi connectivity index (χ4n) is 7.84. The van der Waals surface area contributed by atoms with E-state index in [0.717, 1.165) is 77.6 Å². The lowest BCUT2D eigenvalue weighted by molar-refractivity contribution is 0.668. The Balaban J connectivity index is 1.14. The lowest BCUT2D eigenvalue weighted by Gasteiger charge is -2.26. The largest absolute Gasteiger partial charge is 0.456 e. The average molecular weight is 684 g/mol. The van der Waals surface area contributed by atoms with Crippen molar-refractivity contribution in [2.24, 2.45) is 0 Å². The Kier molecular flexibility index (Phi) is 6.42. The van der Waals surface area contributed by atoms with Crippen LogP contribution in [0.1, 0.15) is 0 Å². The second kappa shape index (κ2) is 11.5. The Morgan fingerprint density at radius 2 is 1.04 bits per heavy atom. The molecule has 0 unspecified atom stereocenters. The van der Waals surface area contributed by atoms with E-state index in [1.54, 1.807) is 0 Å². The van der Waals surface area contributed by atoms with Crippen LogP contribution in [0.15, 0.2) is 185 Å². The van der Waals surface area contributed by atoms with Gasteiger partial charge in [-0.1, -0.05) is 115 Å². The maximum atomic E-state index is 6.96. The molecular formula is C48H29NO2S. The predicted molar refractivity (Wildman–Crippen MR) is 219 cm³/mol. The molecule has 244 valence electrons. The van der Waals surface area contributed by atoms with Gasteiger partial charge in [-0.2, -0.15) is 0 Å². The van der Waals surface area contributed by atoms with Crippen molar-refractivity contribution in [1.29, 1.82) is 0 Å². The maximum absolute atomic E-state index is 6.96. The van der Waals surface area contributed by atoms with E-state index < -0.39 is 0 Å². The molecule has 0 radical (unpaired) electrons. The van der Waals surface area contributed by atoms with Gasteiger partial charge in [-0.25, -0.2) is 0 Å². The van der Waals surface area contributed by atoms with Crippen molar-refractivity contribution in [2.75, 3.05) is 4.90 Å². The van der Waals surface area contributed by atoms with Gasteiger partial charge in [0.1, 0.15) is 16.7 Å². The maximum Gasteiger partial charge on any atom is 0.159 e. The van der Waals surface area contributed by atoms with Gasteiger partial charge in [0.25, 0.3) is 0 Å². The van der Waals surface area contributed by atoms with Crippen LogP contribution in [-0.4, -0.2) is 0 Å². The van der Waals surface area contributed by atoms with Crippen molar-refractivity contribution in [3.8, 4) is 22.3 Å². The fourth-order valence-corrected chi connectivity index (χ4v) is 8.92. The number of hydrogen-bond acceptors (Lipinski definition) is 4. The number of rotatable bonds is 5. The number of anilines is 3. The Morgan fingerprint density at radius 3 is 1.96 bits per heavy atom. The summed E-state index contributed by atoms with van der Waals surface area (Å²) < 4.78 is 16.0. The molecule has 0 aliphatic carbocycles. The van der Waals surface area contributed by atoms with E-state index in [2.05, 4.69) is 163 Å². The topological polar surface area (TPSA) is 29.5 Å². The normalized spacial score (nSPS) is 11.8. The molecule has 4 heteroatoms. The summed E-state index contributed by atoms with van der Waals surface area (Å²) in [4.78, 5) is 2.31. The van der Waals surface area contributed by atoms with Crippen molar-refractivity contribution >= 4 is 92.4 Å². The van der Waals surface area contributed by atoms with Gasteiger partial charge in [-0.3, -0.25) is 0 Å². The summed E-state index contributed by atoms with van der Waals surface area (Å²) in [5, 5.41) is 6.96. The molecule has 0 fully saturated rings. The number of para-hydroxylation sites is 3. The fraction of sp³-hybridized carbons (Fsp3) is 0. The molecule has 0 aliphatic heterocycles. The number of furan rings is 2. The third-order valence-corrected chi connectivity index (χ3v) is 11.4. The highest BCUT2D eigenvalue weighted by molar-refractivity contribution is 7.25. The average Bonchev–Trinajstić information content (AvgIpc) is 3.89. The molecule has 11 rings (SSSR count). The summed E-state index contributed by atoms with van der Waals surface area (Å²) in [6.45, 7) is 0. The second-order valence-corrected chi connectivity index (χ2v) is 14.4. The van der Waals surface area contributed by atoms with Crippen LogP contribution in [0, 0.1) is 0 Å². The van der Waals surface area contributed by atoms with Crippen LogP contribution < -0.4 is 4.90 Å². The number of thiophene rings is 1. The predicted octanol–water partition coefficient (Wildman–Crippen LogP) is 14.7. The Morgan fingerprint density at radius 1 is 0.365 bits per heavy atom. The van der Waals surface area contributed by atoms with Crippen molar-refractivity contribution in [3.05, 3.63) is 176 Å². The number of hydrogen-bond donors (Lipinski definition) is 0. The molecule has 0 spiro atoms. The van der Waals surface area contributed by atoms with Gasteiger partial charge in [-0.05, 0) is 71.3 Å². The Labute approximate surface area is 303 Å². The van der Waals surface area contributed by atoms with Gasteiger partial charge in [-0.15, -0.1) is 11.3 Å². The van der Waals surface area contributed by atoms with E-state index in [0.29, 0.717) is 0 Å². The van der Waals surface area contributed by atoms with Crippen LogP contribution in [0.2, 0.25) is 0 Å². The van der Waals surface area contributed by atoms with E-state index in [1.165, 1.54) is 25.7 Å². The van der Waals surface area contributed by atoms with E-state index >= 15 is 0 Å². The Bertz CT molecular complexity index is 3150. The molecular weight excluding hydrogens is 655 g/mol. The minimum absolute atomic E-state index is 0.835. The molecule has 3 aromatic heterocycles. The van der Waals surface area contributed by atoms with Crippen molar-refractivity contribution in [3.63, 3.8) is 0 Å². The van der Waals surface area contributed by atoms with Gasteiger partial charge >= 0.3 is 0 Å². The molecule has 8 aromatic carbocycles. The minimum atomic E-state index is 0.835. The molecule has 0 aliphatic rings. The highest BCUT2D eigenvalue weighted by Gasteiger charge is 2.22. The van der Waals surface area contributed by atoms with E-state index in [9.17, 15) is 0 Å². The quantitative estimate of drug-likeness (QED) is 0.181. The highest BCUT2D eigenvalue weighted by atomic mass is 32.1. The smallest absolute Gasteiger partial charge is 0.159 e. The Hall–Kier alpha value is -6.62. The molecule has 0 N–H and O–H groups in total. The van der Waals surface area contributed by atoms with Gasteiger partial charge in [0.05, 0.1) is 11.4 Å². The van der Waals surface area contributed by atoms with Gasteiger partial charge in [0.2, 0.25) is 0 Å². The minimum Gasteiger partial charge on any atom is -0.456 e. The summed E-state index contributed by atoms with van der Waals surface area (Å²) in [6, 6.07) is 62.4. The zero-order valence-corrected chi connectivity index (χ0v) is 28.7. The molecule has 0 atom stereocenters.